The fraction of sp³-hybridized carbons (Fsp3) is 0.550. The van der Waals surface area contributed by atoms with Crippen LogP contribution in [-0.2, 0) is 15.7 Å². The van der Waals surface area contributed by atoms with Gasteiger partial charge in [-0.1, -0.05) is 17.3 Å². The van der Waals surface area contributed by atoms with E-state index in [9.17, 15) is 18.0 Å². The number of alkyl halides is 3. The van der Waals surface area contributed by atoms with Crippen molar-refractivity contribution >= 4 is 5.91 Å². The average Bonchev–Trinajstić information content (AvgIpc) is 3.36. The number of hydrazine groups is 1. The van der Waals surface area contributed by atoms with E-state index in [0.29, 0.717) is 19.6 Å². The Bertz CT molecular complexity index is 925. The van der Waals surface area contributed by atoms with Gasteiger partial charge in [0.15, 0.2) is 6.10 Å². The van der Waals surface area contributed by atoms with Crippen LogP contribution in [0.5, 0.6) is 0 Å². The third-order valence-corrected chi connectivity index (χ3v) is 5.82. The lowest BCUT2D eigenvalue weighted by Gasteiger charge is -2.32. The molecule has 1 amide bonds. The molecular formula is C20H24F3N5O3. The summed E-state index contributed by atoms with van der Waals surface area (Å²) in [6.07, 6.45) is -4.69. The van der Waals surface area contributed by atoms with Gasteiger partial charge in [0.25, 0.3) is 5.89 Å². The molecule has 1 aromatic heterocycles. The van der Waals surface area contributed by atoms with Crippen LogP contribution in [0.15, 0.2) is 28.8 Å². The van der Waals surface area contributed by atoms with Crippen LogP contribution < -0.4 is 10.9 Å². The Balaban J connectivity index is 1.44. The molecule has 2 N–H and O–H groups in total. The van der Waals surface area contributed by atoms with Crippen molar-refractivity contribution < 1.29 is 27.2 Å². The molecule has 0 radical (unpaired) electrons. The van der Waals surface area contributed by atoms with Crippen molar-refractivity contribution in [2.45, 2.75) is 44.6 Å². The molecule has 2 fully saturated rings. The molecule has 3 atom stereocenters. The minimum atomic E-state index is -4.46. The van der Waals surface area contributed by atoms with Gasteiger partial charge in [-0.3, -0.25) is 15.6 Å². The highest BCUT2D eigenvalue weighted by Crippen LogP contribution is 2.32. The third kappa shape index (κ3) is 4.73. The number of amides is 1. The number of hydrogen-bond donors (Lipinski definition) is 2. The third-order valence-electron chi connectivity index (χ3n) is 5.82. The number of carbonyl (C=O) groups excluding carboxylic acids is 1. The van der Waals surface area contributed by atoms with Crippen LogP contribution >= 0.6 is 0 Å². The van der Waals surface area contributed by atoms with Crippen molar-refractivity contribution in [2.75, 3.05) is 19.7 Å². The quantitative estimate of drug-likeness (QED) is 0.756. The maximum atomic E-state index is 13.0. The molecular weight excluding hydrogens is 415 g/mol. The Labute approximate surface area is 177 Å². The largest absolute Gasteiger partial charge is 0.416 e. The molecule has 3 heterocycles. The molecule has 2 aromatic rings. The monoisotopic (exact) mass is 439 g/mol. The van der Waals surface area contributed by atoms with Crippen molar-refractivity contribution in [3.63, 3.8) is 0 Å². The molecule has 31 heavy (non-hydrogen) atoms. The van der Waals surface area contributed by atoms with Crippen LogP contribution in [0.25, 0.3) is 11.4 Å². The number of hydrogen-bond acceptors (Lipinski definition) is 7. The SMILES string of the molecule is CC1NNC(C)C1CC(=O)N1CCOC(c2nc(-c3cccc(C(F)(F)F)c3)no2)C1. The van der Waals surface area contributed by atoms with E-state index in [1.54, 1.807) is 4.90 Å². The van der Waals surface area contributed by atoms with E-state index in [1.807, 2.05) is 13.8 Å². The van der Waals surface area contributed by atoms with Gasteiger partial charge < -0.3 is 14.2 Å². The molecule has 168 valence electrons. The zero-order valence-electron chi connectivity index (χ0n) is 17.1. The predicted molar refractivity (Wildman–Crippen MR) is 103 cm³/mol. The molecule has 0 bridgehead atoms. The van der Waals surface area contributed by atoms with Crippen molar-refractivity contribution in [1.82, 2.24) is 25.9 Å². The average molecular weight is 439 g/mol. The minimum absolute atomic E-state index is 0.0140. The van der Waals surface area contributed by atoms with Crippen molar-refractivity contribution in [2.24, 2.45) is 5.92 Å². The summed E-state index contributed by atoms with van der Waals surface area (Å²) in [5.74, 6) is 0.361. The van der Waals surface area contributed by atoms with Crippen LogP contribution in [0.1, 0.15) is 37.8 Å². The number of benzene rings is 1. The number of carbonyl (C=O) groups is 1. The van der Waals surface area contributed by atoms with Crippen LogP contribution in [0.4, 0.5) is 13.2 Å². The second kappa shape index (κ2) is 8.56. The van der Waals surface area contributed by atoms with E-state index < -0.39 is 17.8 Å². The summed E-state index contributed by atoms with van der Waals surface area (Å²) in [6.45, 7) is 5.08. The molecule has 2 aliphatic rings. The van der Waals surface area contributed by atoms with Crippen LogP contribution in [-0.4, -0.2) is 52.7 Å². The van der Waals surface area contributed by atoms with Gasteiger partial charge in [-0.15, -0.1) is 0 Å². The second-order valence-electron chi connectivity index (χ2n) is 7.97. The molecule has 1 aromatic carbocycles. The maximum absolute atomic E-state index is 13.0. The molecule has 0 saturated carbocycles. The highest BCUT2D eigenvalue weighted by atomic mass is 19.4. The molecule has 3 unspecified atom stereocenters. The number of aromatic nitrogens is 2. The predicted octanol–water partition coefficient (Wildman–Crippen LogP) is 2.55. The highest BCUT2D eigenvalue weighted by molar-refractivity contribution is 5.76. The first kappa shape index (κ1) is 21.7. The van der Waals surface area contributed by atoms with E-state index in [2.05, 4.69) is 21.0 Å². The summed E-state index contributed by atoms with van der Waals surface area (Å²) in [7, 11) is 0. The lowest BCUT2D eigenvalue weighted by Crippen LogP contribution is -2.44. The fourth-order valence-corrected chi connectivity index (χ4v) is 3.94. The first-order valence-electron chi connectivity index (χ1n) is 10.1. The Hall–Kier alpha value is -2.50. The number of halogens is 3. The molecule has 8 nitrogen and oxygen atoms in total. The topological polar surface area (TPSA) is 92.5 Å². The number of rotatable bonds is 4. The zero-order valence-corrected chi connectivity index (χ0v) is 17.1. The van der Waals surface area contributed by atoms with Crippen molar-refractivity contribution in [3.05, 3.63) is 35.7 Å². The van der Waals surface area contributed by atoms with Crippen LogP contribution in [0, 0.1) is 5.92 Å². The number of nitrogens with one attached hydrogen (secondary N) is 2. The normalized spacial score (nSPS) is 26.9. The van der Waals surface area contributed by atoms with E-state index >= 15 is 0 Å². The Morgan fingerprint density at radius 2 is 2.00 bits per heavy atom. The number of ether oxygens (including phenoxy) is 1. The highest BCUT2D eigenvalue weighted by Gasteiger charge is 2.35. The first-order valence-corrected chi connectivity index (χ1v) is 10.1. The smallest absolute Gasteiger partial charge is 0.365 e. The molecule has 0 spiro atoms. The Morgan fingerprint density at radius 1 is 1.26 bits per heavy atom. The van der Waals surface area contributed by atoms with E-state index in [0.717, 1.165) is 12.1 Å². The van der Waals surface area contributed by atoms with Crippen molar-refractivity contribution in [1.29, 1.82) is 0 Å². The molecule has 2 saturated heterocycles. The molecule has 11 heteroatoms. The Morgan fingerprint density at radius 3 is 2.71 bits per heavy atom. The summed E-state index contributed by atoms with van der Waals surface area (Å²) >= 11 is 0. The van der Waals surface area contributed by atoms with Crippen molar-refractivity contribution in [3.8, 4) is 11.4 Å². The van der Waals surface area contributed by atoms with Crippen LogP contribution in [0.3, 0.4) is 0 Å². The van der Waals surface area contributed by atoms with Gasteiger partial charge in [0.2, 0.25) is 11.7 Å². The zero-order chi connectivity index (χ0) is 22.2. The first-order chi connectivity index (χ1) is 14.7. The lowest BCUT2D eigenvalue weighted by atomic mass is 9.92. The summed E-state index contributed by atoms with van der Waals surface area (Å²) < 4.78 is 49.8. The summed E-state index contributed by atoms with van der Waals surface area (Å²) in [4.78, 5) is 18.8. The number of morpholine rings is 1. The molecule has 2 aliphatic heterocycles. The van der Waals surface area contributed by atoms with E-state index in [1.165, 1.54) is 12.1 Å². The van der Waals surface area contributed by atoms with Gasteiger partial charge in [-0.25, -0.2) is 0 Å². The van der Waals surface area contributed by atoms with Gasteiger partial charge in [0.1, 0.15) is 0 Å². The van der Waals surface area contributed by atoms with E-state index in [4.69, 9.17) is 9.26 Å². The lowest BCUT2D eigenvalue weighted by molar-refractivity contribution is -0.141. The van der Waals surface area contributed by atoms with Crippen LogP contribution in [0.2, 0.25) is 0 Å². The van der Waals surface area contributed by atoms with Gasteiger partial charge in [0, 0.05) is 36.5 Å². The van der Waals surface area contributed by atoms with E-state index in [-0.39, 0.29) is 47.7 Å². The standard InChI is InChI=1S/C20H24F3N5O3/c1-11-15(12(2)26-25-11)9-17(29)28-6-7-30-16(10-28)19-24-18(27-31-19)13-4-3-5-14(8-13)20(21,22)23/h3-5,8,11-12,15-16,25-26H,6-7,9-10H2,1-2H3. The summed E-state index contributed by atoms with van der Waals surface area (Å²) in [5.41, 5.74) is 5.69. The molecule has 4 rings (SSSR count). The van der Waals surface area contributed by atoms with Gasteiger partial charge in [-0.05, 0) is 26.0 Å². The summed E-state index contributed by atoms with van der Waals surface area (Å²) in [5, 5.41) is 3.80. The minimum Gasteiger partial charge on any atom is -0.365 e. The van der Waals surface area contributed by atoms with Gasteiger partial charge in [-0.2, -0.15) is 18.2 Å². The summed E-state index contributed by atoms with van der Waals surface area (Å²) in [6, 6.07) is 5.09. The van der Waals surface area contributed by atoms with Gasteiger partial charge >= 0.3 is 6.18 Å². The maximum Gasteiger partial charge on any atom is 0.416 e. The fourth-order valence-electron chi connectivity index (χ4n) is 3.94. The second-order valence-corrected chi connectivity index (χ2v) is 7.97. The Kier molecular flexibility index (Phi) is 6.00. The number of nitrogens with zero attached hydrogens (tertiary/aromatic N) is 3. The molecule has 0 aliphatic carbocycles. The van der Waals surface area contributed by atoms with Gasteiger partial charge in [0.05, 0.1) is 18.7 Å².